The highest BCUT2D eigenvalue weighted by Crippen LogP contribution is 2.13. The lowest BCUT2D eigenvalue weighted by Crippen LogP contribution is -2.39. The van der Waals surface area contributed by atoms with E-state index in [0.29, 0.717) is 6.42 Å². The number of nitrogens with one attached hydrogen (secondary N) is 1. The van der Waals surface area contributed by atoms with Gasteiger partial charge in [-0.15, -0.1) is 0 Å². The fraction of sp³-hybridized carbons (Fsp3) is 0.105. The number of amides is 1. The molecule has 1 heterocycles. The molecular weight excluding hydrogens is 300 g/mol. The standard InChI is InChI=1S/C19H18N4O/c20-17(12-14-6-2-1-3-7-14)19(24)23-22-13-16-9-4-8-15-10-5-11-21-18(15)16/h1-11,13,17H,12,20H2,(H,23,24). The second-order valence-corrected chi connectivity index (χ2v) is 5.45. The molecule has 1 atom stereocenters. The molecular formula is C19H18N4O. The Labute approximate surface area is 140 Å². The van der Waals surface area contributed by atoms with Gasteiger partial charge in [0.1, 0.15) is 0 Å². The molecule has 3 N–H and O–H groups in total. The van der Waals surface area contributed by atoms with Crippen LogP contribution in [0.1, 0.15) is 11.1 Å². The van der Waals surface area contributed by atoms with Crippen molar-refractivity contribution in [1.82, 2.24) is 10.4 Å². The van der Waals surface area contributed by atoms with E-state index in [1.54, 1.807) is 12.4 Å². The maximum Gasteiger partial charge on any atom is 0.257 e. The summed E-state index contributed by atoms with van der Waals surface area (Å²) in [6, 6.07) is 18.7. The molecule has 1 unspecified atom stereocenters. The summed E-state index contributed by atoms with van der Waals surface area (Å²) in [6.45, 7) is 0. The van der Waals surface area contributed by atoms with Crippen molar-refractivity contribution in [2.75, 3.05) is 0 Å². The van der Waals surface area contributed by atoms with Gasteiger partial charge in [0.15, 0.2) is 0 Å². The fourth-order valence-electron chi connectivity index (χ4n) is 2.44. The molecule has 3 rings (SSSR count). The Bertz CT molecular complexity index is 856. The number of hydrogen-bond donors (Lipinski definition) is 2. The number of rotatable bonds is 5. The molecule has 1 amide bonds. The summed E-state index contributed by atoms with van der Waals surface area (Å²) in [5.41, 5.74) is 11.1. The van der Waals surface area contributed by atoms with Gasteiger partial charge in [0.25, 0.3) is 5.91 Å². The lowest BCUT2D eigenvalue weighted by Gasteiger charge is -2.09. The minimum Gasteiger partial charge on any atom is -0.320 e. The van der Waals surface area contributed by atoms with Gasteiger partial charge in [0, 0.05) is 17.1 Å². The van der Waals surface area contributed by atoms with Crippen LogP contribution in [0.15, 0.2) is 72.0 Å². The van der Waals surface area contributed by atoms with Gasteiger partial charge in [0.2, 0.25) is 0 Å². The first kappa shape index (κ1) is 15.8. The lowest BCUT2D eigenvalue weighted by atomic mass is 10.1. The van der Waals surface area contributed by atoms with Gasteiger partial charge in [-0.1, -0.05) is 54.6 Å². The SMILES string of the molecule is NC(Cc1ccccc1)C(=O)NN=Cc1cccc2cccnc12. The Morgan fingerprint density at radius 2 is 1.92 bits per heavy atom. The molecule has 24 heavy (non-hydrogen) atoms. The van der Waals surface area contributed by atoms with Gasteiger partial charge >= 0.3 is 0 Å². The predicted molar refractivity (Wildman–Crippen MR) is 95.6 cm³/mol. The van der Waals surface area contributed by atoms with E-state index >= 15 is 0 Å². The first-order valence-electron chi connectivity index (χ1n) is 7.70. The molecule has 0 fully saturated rings. The minimum absolute atomic E-state index is 0.316. The minimum atomic E-state index is -0.643. The van der Waals surface area contributed by atoms with Gasteiger partial charge < -0.3 is 5.73 Å². The number of para-hydroxylation sites is 1. The van der Waals surface area contributed by atoms with Crippen molar-refractivity contribution >= 4 is 23.0 Å². The van der Waals surface area contributed by atoms with E-state index in [0.717, 1.165) is 22.0 Å². The molecule has 0 aliphatic carbocycles. The highest BCUT2D eigenvalue weighted by molar-refractivity contribution is 5.97. The van der Waals surface area contributed by atoms with Gasteiger partial charge in [0.05, 0.1) is 17.8 Å². The van der Waals surface area contributed by atoms with Gasteiger partial charge in [-0.2, -0.15) is 5.10 Å². The molecule has 0 saturated carbocycles. The third-order valence-electron chi connectivity index (χ3n) is 3.68. The Kier molecular flexibility index (Phi) is 4.93. The maximum absolute atomic E-state index is 12.0. The molecule has 0 radical (unpaired) electrons. The van der Waals surface area contributed by atoms with Crippen LogP contribution in [0.5, 0.6) is 0 Å². The van der Waals surface area contributed by atoms with Gasteiger partial charge in [-0.25, -0.2) is 5.43 Å². The summed E-state index contributed by atoms with van der Waals surface area (Å²) in [5, 5.41) is 5.03. The van der Waals surface area contributed by atoms with Gasteiger partial charge in [-0.05, 0) is 18.1 Å². The van der Waals surface area contributed by atoms with Crippen molar-refractivity contribution in [3.8, 4) is 0 Å². The summed E-state index contributed by atoms with van der Waals surface area (Å²) in [4.78, 5) is 16.4. The van der Waals surface area contributed by atoms with Crippen molar-refractivity contribution in [2.24, 2.45) is 10.8 Å². The molecule has 5 nitrogen and oxygen atoms in total. The number of pyridine rings is 1. The zero-order chi connectivity index (χ0) is 16.8. The number of aromatic nitrogens is 1. The zero-order valence-electron chi connectivity index (χ0n) is 13.1. The van der Waals surface area contributed by atoms with E-state index in [4.69, 9.17) is 5.73 Å². The molecule has 5 heteroatoms. The summed E-state index contributed by atoms with van der Waals surface area (Å²) in [6.07, 6.45) is 3.79. The molecule has 0 bridgehead atoms. The van der Waals surface area contributed by atoms with Crippen LogP contribution in [-0.4, -0.2) is 23.1 Å². The molecule has 0 spiro atoms. The predicted octanol–water partition coefficient (Wildman–Crippen LogP) is 2.25. The normalized spacial score (nSPS) is 12.4. The second-order valence-electron chi connectivity index (χ2n) is 5.45. The van der Waals surface area contributed by atoms with Crippen LogP contribution in [0.2, 0.25) is 0 Å². The summed E-state index contributed by atoms with van der Waals surface area (Å²) < 4.78 is 0. The first-order chi connectivity index (χ1) is 11.7. The maximum atomic E-state index is 12.0. The Balaban J connectivity index is 1.64. The summed E-state index contributed by atoms with van der Waals surface area (Å²) in [7, 11) is 0. The van der Waals surface area contributed by atoms with E-state index in [-0.39, 0.29) is 5.91 Å². The van der Waals surface area contributed by atoms with Crippen LogP contribution in [-0.2, 0) is 11.2 Å². The smallest absolute Gasteiger partial charge is 0.257 e. The van der Waals surface area contributed by atoms with Crippen molar-refractivity contribution < 1.29 is 4.79 Å². The topological polar surface area (TPSA) is 80.4 Å². The number of hydrogen-bond acceptors (Lipinski definition) is 4. The molecule has 0 saturated heterocycles. The fourth-order valence-corrected chi connectivity index (χ4v) is 2.44. The lowest BCUT2D eigenvalue weighted by molar-refractivity contribution is -0.122. The van der Waals surface area contributed by atoms with E-state index in [1.807, 2.05) is 60.7 Å². The van der Waals surface area contributed by atoms with E-state index < -0.39 is 6.04 Å². The molecule has 0 aliphatic heterocycles. The molecule has 0 aliphatic rings. The Hall–Kier alpha value is -3.05. The molecule has 2 aromatic carbocycles. The third-order valence-corrected chi connectivity index (χ3v) is 3.68. The van der Waals surface area contributed by atoms with E-state index in [1.165, 1.54) is 0 Å². The zero-order valence-corrected chi connectivity index (χ0v) is 13.1. The van der Waals surface area contributed by atoms with Crippen LogP contribution < -0.4 is 11.2 Å². The number of carbonyl (C=O) groups excluding carboxylic acids is 1. The Morgan fingerprint density at radius 1 is 1.12 bits per heavy atom. The van der Waals surface area contributed by atoms with Crippen LogP contribution in [0.4, 0.5) is 0 Å². The number of nitrogens with zero attached hydrogens (tertiary/aromatic N) is 2. The van der Waals surface area contributed by atoms with E-state index in [2.05, 4.69) is 15.5 Å². The molecule has 120 valence electrons. The number of hydrazone groups is 1. The number of fused-ring (bicyclic) bond motifs is 1. The number of carbonyl (C=O) groups is 1. The largest absolute Gasteiger partial charge is 0.320 e. The molecule has 3 aromatic rings. The average molecular weight is 318 g/mol. The van der Waals surface area contributed by atoms with Crippen LogP contribution in [0.3, 0.4) is 0 Å². The van der Waals surface area contributed by atoms with Crippen molar-refractivity contribution in [3.63, 3.8) is 0 Å². The van der Waals surface area contributed by atoms with Crippen LogP contribution >= 0.6 is 0 Å². The second kappa shape index (κ2) is 7.48. The van der Waals surface area contributed by atoms with Gasteiger partial charge in [-0.3, -0.25) is 9.78 Å². The monoisotopic (exact) mass is 318 g/mol. The summed E-state index contributed by atoms with van der Waals surface area (Å²) in [5.74, 6) is -0.316. The first-order valence-corrected chi connectivity index (χ1v) is 7.70. The van der Waals surface area contributed by atoms with Crippen molar-refractivity contribution in [1.29, 1.82) is 0 Å². The average Bonchev–Trinajstić information content (AvgIpc) is 2.62. The molecule has 1 aromatic heterocycles. The highest BCUT2D eigenvalue weighted by atomic mass is 16.2. The third kappa shape index (κ3) is 3.83. The van der Waals surface area contributed by atoms with Crippen LogP contribution in [0, 0.1) is 0 Å². The summed E-state index contributed by atoms with van der Waals surface area (Å²) >= 11 is 0. The number of benzene rings is 2. The quantitative estimate of drug-likeness (QED) is 0.559. The van der Waals surface area contributed by atoms with Crippen LogP contribution in [0.25, 0.3) is 10.9 Å². The van der Waals surface area contributed by atoms with Crippen molar-refractivity contribution in [3.05, 3.63) is 78.0 Å². The van der Waals surface area contributed by atoms with E-state index in [9.17, 15) is 4.79 Å². The van der Waals surface area contributed by atoms with Crippen molar-refractivity contribution in [2.45, 2.75) is 12.5 Å². The highest BCUT2D eigenvalue weighted by Gasteiger charge is 2.13. The number of nitrogens with two attached hydrogens (primary N) is 1. The Morgan fingerprint density at radius 3 is 2.75 bits per heavy atom.